The normalized spacial score (nSPS) is 18.1. The molecule has 1 N–H and O–H groups in total. The zero-order chi connectivity index (χ0) is 11.6. The molecule has 1 fully saturated rings. The fourth-order valence-electron chi connectivity index (χ4n) is 2.14. The van der Waals surface area contributed by atoms with Gasteiger partial charge < -0.3 is 10.1 Å². The van der Waals surface area contributed by atoms with Crippen LogP contribution in [-0.4, -0.2) is 25.2 Å². The van der Waals surface area contributed by atoms with Gasteiger partial charge in [0.2, 0.25) is 5.91 Å². The molecule has 0 saturated heterocycles. The Hall–Kier alpha value is -0.570. The molecule has 1 amide bonds. The van der Waals surface area contributed by atoms with Crippen LogP contribution in [0.4, 0.5) is 0 Å². The first-order valence-electron chi connectivity index (χ1n) is 6.71. The maximum Gasteiger partial charge on any atom is 0.220 e. The lowest BCUT2D eigenvalue weighted by Gasteiger charge is -2.15. The monoisotopic (exact) mass is 227 g/mol. The van der Waals surface area contributed by atoms with Gasteiger partial charge in [-0.1, -0.05) is 32.6 Å². The van der Waals surface area contributed by atoms with Crippen molar-refractivity contribution in [2.75, 3.05) is 13.2 Å². The molecule has 0 atom stereocenters. The van der Waals surface area contributed by atoms with Gasteiger partial charge in [-0.25, -0.2) is 0 Å². The Morgan fingerprint density at radius 1 is 1.25 bits per heavy atom. The van der Waals surface area contributed by atoms with Crippen molar-refractivity contribution in [3.63, 3.8) is 0 Å². The summed E-state index contributed by atoms with van der Waals surface area (Å²) in [5.74, 6) is 0.145. The number of amides is 1. The third kappa shape index (κ3) is 6.11. The van der Waals surface area contributed by atoms with E-state index in [0.29, 0.717) is 25.7 Å². The molecule has 0 heterocycles. The van der Waals surface area contributed by atoms with E-state index in [1.54, 1.807) is 0 Å². The van der Waals surface area contributed by atoms with E-state index in [2.05, 4.69) is 5.32 Å². The summed E-state index contributed by atoms with van der Waals surface area (Å²) in [4.78, 5) is 11.2. The minimum Gasteiger partial charge on any atom is -0.376 e. The summed E-state index contributed by atoms with van der Waals surface area (Å²) in [5.41, 5.74) is 0. The van der Waals surface area contributed by atoms with Gasteiger partial charge in [0.25, 0.3) is 0 Å². The quantitative estimate of drug-likeness (QED) is 0.559. The lowest BCUT2D eigenvalue weighted by molar-refractivity contribution is -0.121. The first-order chi connectivity index (χ1) is 7.83. The van der Waals surface area contributed by atoms with Crippen LogP contribution in [0.15, 0.2) is 0 Å². The van der Waals surface area contributed by atoms with Crippen molar-refractivity contribution in [2.24, 2.45) is 0 Å². The van der Waals surface area contributed by atoms with Crippen LogP contribution in [0, 0.1) is 0 Å². The van der Waals surface area contributed by atoms with Crippen molar-refractivity contribution in [1.29, 1.82) is 0 Å². The molecule has 16 heavy (non-hydrogen) atoms. The minimum absolute atomic E-state index is 0.145. The molecule has 0 aromatic heterocycles. The minimum atomic E-state index is 0.145. The highest BCUT2D eigenvalue weighted by Crippen LogP contribution is 2.19. The van der Waals surface area contributed by atoms with Crippen molar-refractivity contribution in [1.82, 2.24) is 5.32 Å². The summed E-state index contributed by atoms with van der Waals surface area (Å²) in [6, 6.07) is 0. The second-order valence-electron chi connectivity index (χ2n) is 4.58. The van der Waals surface area contributed by atoms with Crippen molar-refractivity contribution in [2.45, 2.75) is 64.4 Å². The average Bonchev–Trinajstić information content (AvgIpc) is 2.53. The largest absolute Gasteiger partial charge is 0.376 e. The molecule has 1 aliphatic carbocycles. The molecule has 0 radical (unpaired) electrons. The Morgan fingerprint density at radius 3 is 2.56 bits per heavy atom. The molecule has 0 spiro atoms. The molecular weight excluding hydrogens is 202 g/mol. The second-order valence-corrected chi connectivity index (χ2v) is 4.58. The van der Waals surface area contributed by atoms with Crippen LogP contribution >= 0.6 is 0 Å². The maximum atomic E-state index is 11.2. The van der Waals surface area contributed by atoms with Crippen molar-refractivity contribution in [3.8, 4) is 0 Å². The summed E-state index contributed by atoms with van der Waals surface area (Å²) >= 11 is 0. The summed E-state index contributed by atoms with van der Waals surface area (Å²) in [5, 5.41) is 2.87. The van der Waals surface area contributed by atoms with E-state index in [1.165, 1.54) is 38.5 Å². The van der Waals surface area contributed by atoms with Gasteiger partial charge >= 0.3 is 0 Å². The van der Waals surface area contributed by atoms with Gasteiger partial charge in [0.15, 0.2) is 0 Å². The van der Waals surface area contributed by atoms with Crippen LogP contribution in [0.3, 0.4) is 0 Å². The molecule has 94 valence electrons. The fraction of sp³-hybridized carbons (Fsp3) is 0.923. The zero-order valence-corrected chi connectivity index (χ0v) is 10.5. The smallest absolute Gasteiger partial charge is 0.220 e. The maximum absolute atomic E-state index is 11.2. The van der Waals surface area contributed by atoms with E-state index in [4.69, 9.17) is 4.74 Å². The van der Waals surface area contributed by atoms with Gasteiger partial charge in [-0.05, 0) is 19.3 Å². The average molecular weight is 227 g/mol. The van der Waals surface area contributed by atoms with Crippen LogP contribution in [0.2, 0.25) is 0 Å². The molecule has 3 nitrogen and oxygen atoms in total. The molecule has 1 rings (SSSR count). The third-order valence-corrected chi connectivity index (χ3v) is 3.06. The van der Waals surface area contributed by atoms with E-state index in [-0.39, 0.29) is 5.91 Å². The van der Waals surface area contributed by atoms with Crippen LogP contribution in [0.1, 0.15) is 58.3 Å². The van der Waals surface area contributed by atoms with Crippen LogP contribution in [0.25, 0.3) is 0 Å². The van der Waals surface area contributed by atoms with Crippen molar-refractivity contribution in [3.05, 3.63) is 0 Å². The van der Waals surface area contributed by atoms with Crippen molar-refractivity contribution >= 4 is 5.91 Å². The summed E-state index contributed by atoms with van der Waals surface area (Å²) < 4.78 is 5.78. The Kier molecular flexibility index (Phi) is 7.23. The number of carbonyl (C=O) groups excluding carboxylic acids is 1. The van der Waals surface area contributed by atoms with Crippen LogP contribution in [-0.2, 0) is 9.53 Å². The number of rotatable bonds is 6. The van der Waals surface area contributed by atoms with E-state index in [9.17, 15) is 4.79 Å². The summed E-state index contributed by atoms with van der Waals surface area (Å²) in [6.45, 7) is 3.34. The molecule has 1 saturated carbocycles. The number of ether oxygens (including phenoxy) is 1. The van der Waals surface area contributed by atoms with Gasteiger partial charge in [0.1, 0.15) is 0 Å². The molecule has 0 unspecified atom stereocenters. The molecule has 1 aliphatic rings. The van der Waals surface area contributed by atoms with Crippen LogP contribution < -0.4 is 5.32 Å². The van der Waals surface area contributed by atoms with E-state index < -0.39 is 0 Å². The predicted molar refractivity (Wildman–Crippen MR) is 65.4 cm³/mol. The number of hydrogen-bond acceptors (Lipinski definition) is 2. The first kappa shape index (κ1) is 13.5. The van der Waals surface area contributed by atoms with Crippen molar-refractivity contribution < 1.29 is 9.53 Å². The van der Waals surface area contributed by atoms with Gasteiger partial charge in [0, 0.05) is 13.0 Å². The SMILES string of the molecule is CCCC(=O)NCCOC1CCCCCC1. The van der Waals surface area contributed by atoms with Gasteiger partial charge in [0.05, 0.1) is 12.7 Å². The Balaban J connectivity index is 1.99. The predicted octanol–water partition coefficient (Wildman–Crippen LogP) is 2.64. The molecule has 0 aromatic rings. The van der Waals surface area contributed by atoms with E-state index in [1.807, 2.05) is 6.92 Å². The topological polar surface area (TPSA) is 38.3 Å². The number of nitrogens with one attached hydrogen (secondary N) is 1. The third-order valence-electron chi connectivity index (χ3n) is 3.06. The lowest BCUT2D eigenvalue weighted by Crippen LogP contribution is -2.28. The van der Waals surface area contributed by atoms with E-state index >= 15 is 0 Å². The molecular formula is C13H25NO2. The highest BCUT2D eigenvalue weighted by Gasteiger charge is 2.11. The Labute approximate surface area is 98.9 Å². The second kappa shape index (κ2) is 8.57. The molecule has 0 aliphatic heterocycles. The number of carbonyl (C=O) groups is 1. The van der Waals surface area contributed by atoms with Crippen LogP contribution in [0.5, 0.6) is 0 Å². The van der Waals surface area contributed by atoms with E-state index in [0.717, 1.165) is 6.42 Å². The Bertz CT molecular complexity index is 186. The standard InChI is InChI=1S/C13H25NO2/c1-2-7-13(15)14-10-11-16-12-8-5-3-4-6-9-12/h12H,2-11H2,1H3,(H,14,15). The highest BCUT2D eigenvalue weighted by atomic mass is 16.5. The van der Waals surface area contributed by atoms with Gasteiger partial charge in [-0.15, -0.1) is 0 Å². The van der Waals surface area contributed by atoms with Gasteiger partial charge in [-0.2, -0.15) is 0 Å². The lowest BCUT2D eigenvalue weighted by atomic mass is 10.1. The summed E-state index contributed by atoms with van der Waals surface area (Å²) in [6.07, 6.45) is 9.68. The van der Waals surface area contributed by atoms with Gasteiger partial charge in [-0.3, -0.25) is 4.79 Å². The summed E-state index contributed by atoms with van der Waals surface area (Å²) in [7, 11) is 0. The first-order valence-corrected chi connectivity index (χ1v) is 6.71. The molecule has 3 heteroatoms. The zero-order valence-electron chi connectivity index (χ0n) is 10.5. The number of hydrogen-bond donors (Lipinski definition) is 1. The molecule has 0 bridgehead atoms. The fourth-order valence-corrected chi connectivity index (χ4v) is 2.14. The highest BCUT2D eigenvalue weighted by molar-refractivity contribution is 5.75. The Morgan fingerprint density at radius 2 is 1.94 bits per heavy atom. The molecule has 0 aromatic carbocycles.